The van der Waals surface area contributed by atoms with Crippen molar-refractivity contribution in [2.75, 3.05) is 0 Å². The second-order valence-corrected chi connectivity index (χ2v) is 15.6. The van der Waals surface area contributed by atoms with Crippen LogP contribution in [0.15, 0.2) is 218 Å². The van der Waals surface area contributed by atoms with E-state index in [0.29, 0.717) is 0 Å². The Balaban J connectivity index is 1.18. The minimum Gasteiger partial charge on any atom is -0.0616 e. The van der Waals surface area contributed by atoms with Crippen molar-refractivity contribution < 1.29 is 0 Å². The third-order valence-corrected chi connectivity index (χ3v) is 12.4. The van der Waals surface area contributed by atoms with Crippen LogP contribution in [0.5, 0.6) is 0 Å². The molecule has 12 rings (SSSR count). The van der Waals surface area contributed by atoms with Crippen LogP contribution in [0.4, 0.5) is 0 Å². The van der Waals surface area contributed by atoms with Gasteiger partial charge in [0.15, 0.2) is 0 Å². The maximum atomic E-state index is 2.45. The predicted molar refractivity (Wildman–Crippen MR) is 251 cm³/mol. The first-order chi connectivity index (χ1) is 28.8. The summed E-state index contributed by atoms with van der Waals surface area (Å²) in [6, 6.07) is 81.1. The van der Waals surface area contributed by atoms with E-state index in [2.05, 4.69) is 218 Å². The van der Waals surface area contributed by atoms with Gasteiger partial charge in [-0.1, -0.05) is 188 Å². The van der Waals surface area contributed by atoms with Crippen molar-refractivity contribution in [2.24, 2.45) is 0 Å². The fourth-order valence-corrected chi connectivity index (χ4v) is 9.72. The summed E-state index contributed by atoms with van der Waals surface area (Å²) in [6.45, 7) is 0. The van der Waals surface area contributed by atoms with E-state index in [1.807, 2.05) is 0 Å². The second kappa shape index (κ2) is 13.0. The van der Waals surface area contributed by atoms with Crippen molar-refractivity contribution in [2.45, 2.75) is 0 Å². The molecule has 0 aliphatic carbocycles. The molecule has 0 saturated heterocycles. The van der Waals surface area contributed by atoms with Gasteiger partial charge in [0, 0.05) is 0 Å². The van der Waals surface area contributed by atoms with E-state index in [0.717, 1.165) is 0 Å². The summed E-state index contributed by atoms with van der Waals surface area (Å²) in [5.41, 5.74) is 9.90. The van der Waals surface area contributed by atoms with Gasteiger partial charge in [0.05, 0.1) is 0 Å². The Morgan fingerprint density at radius 1 is 0.172 bits per heavy atom. The molecule has 0 unspecified atom stereocenters. The number of hydrogen-bond acceptors (Lipinski definition) is 0. The summed E-state index contributed by atoms with van der Waals surface area (Å²) in [5.74, 6) is 0. The van der Waals surface area contributed by atoms with Gasteiger partial charge in [-0.15, -0.1) is 0 Å². The van der Waals surface area contributed by atoms with E-state index >= 15 is 0 Å². The minimum absolute atomic E-state index is 1.21. The van der Waals surface area contributed by atoms with Crippen LogP contribution < -0.4 is 0 Å². The molecule has 0 heteroatoms. The highest BCUT2D eigenvalue weighted by Crippen LogP contribution is 2.48. The quantitative estimate of drug-likeness (QED) is 0.125. The fraction of sp³-hybridized carbons (Fsp3) is 0. The zero-order valence-electron chi connectivity index (χ0n) is 31.8. The van der Waals surface area contributed by atoms with Gasteiger partial charge in [0.1, 0.15) is 0 Å². The standard InChI is InChI=1S/C58H36/c1-2-15-38-32-39(29-28-37(38)14-1)40-30-31-53-56(34-40)57(44-19-13-18-41(33-44)54-35-42-16-3-5-20-45(42)47-22-7-9-24-49(47)54)51-26-11-12-27-52(51)58(53)55-36-43-17-4-6-21-46(43)48-23-8-10-25-50(48)55/h1-36H. The lowest BCUT2D eigenvalue weighted by molar-refractivity contribution is 1.64. The largest absolute Gasteiger partial charge is 0.0616 e. The molecule has 0 N–H and O–H groups in total. The first kappa shape index (κ1) is 32.7. The van der Waals surface area contributed by atoms with Gasteiger partial charge < -0.3 is 0 Å². The third kappa shape index (κ3) is 5.09. The highest BCUT2D eigenvalue weighted by molar-refractivity contribution is 6.26. The average molecular weight is 733 g/mol. The Labute approximate surface area is 336 Å². The lowest BCUT2D eigenvalue weighted by Crippen LogP contribution is -1.93. The van der Waals surface area contributed by atoms with Crippen LogP contribution >= 0.6 is 0 Å². The van der Waals surface area contributed by atoms with Crippen molar-refractivity contribution in [3.05, 3.63) is 218 Å². The molecule has 0 atom stereocenters. The van der Waals surface area contributed by atoms with E-state index in [-0.39, 0.29) is 0 Å². The smallest absolute Gasteiger partial charge is 0.00199 e. The minimum atomic E-state index is 1.21. The molecule has 268 valence electrons. The molecule has 0 saturated carbocycles. The predicted octanol–water partition coefficient (Wildman–Crippen LogP) is 16.4. The second-order valence-electron chi connectivity index (χ2n) is 15.6. The summed E-state index contributed by atoms with van der Waals surface area (Å²) < 4.78 is 0. The van der Waals surface area contributed by atoms with E-state index < -0.39 is 0 Å². The summed E-state index contributed by atoms with van der Waals surface area (Å²) in [7, 11) is 0. The third-order valence-electron chi connectivity index (χ3n) is 12.4. The van der Waals surface area contributed by atoms with Gasteiger partial charge in [-0.25, -0.2) is 0 Å². The topological polar surface area (TPSA) is 0 Å². The van der Waals surface area contributed by atoms with E-state index in [1.165, 1.54) is 120 Å². The molecule has 0 heterocycles. The molecule has 12 aromatic carbocycles. The average Bonchev–Trinajstić information content (AvgIpc) is 3.30. The first-order valence-corrected chi connectivity index (χ1v) is 20.2. The van der Waals surface area contributed by atoms with Gasteiger partial charge in [-0.05, 0) is 150 Å². The molecule has 0 bridgehead atoms. The fourth-order valence-electron chi connectivity index (χ4n) is 9.72. The van der Waals surface area contributed by atoms with Gasteiger partial charge in [0.2, 0.25) is 0 Å². The summed E-state index contributed by atoms with van der Waals surface area (Å²) >= 11 is 0. The maximum Gasteiger partial charge on any atom is -0.00199 e. The van der Waals surface area contributed by atoms with Crippen molar-refractivity contribution in [3.63, 3.8) is 0 Å². The van der Waals surface area contributed by atoms with Gasteiger partial charge in [-0.3, -0.25) is 0 Å². The first-order valence-electron chi connectivity index (χ1n) is 20.2. The molecular formula is C58H36. The van der Waals surface area contributed by atoms with E-state index in [9.17, 15) is 0 Å². The molecule has 0 fully saturated rings. The molecule has 0 spiro atoms. The van der Waals surface area contributed by atoms with Gasteiger partial charge in [-0.2, -0.15) is 0 Å². The van der Waals surface area contributed by atoms with Crippen LogP contribution in [-0.2, 0) is 0 Å². The molecular weight excluding hydrogens is 697 g/mol. The number of fused-ring (bicyclic) bond motifs is 9. The van der Waals surface area contributed by atoms with Crippen LogP contribution in [-0.4, -0.2) is 0 Å². The Morgan fingerprint density at radius 3 is 1.33 bits per heavy atom. The Hall–Kier alpha value is -7.54. The number of rotatable bonds is 4. The van der Waals surface area contributed by atoms with Crippen molar-refractivity contribution >= 4 is 75.4 Å². The Kier molecular flexibility index (Phi) is 7.33. The SMILES string of the molecule is c1cc(-c2c3ccccc3c(-c3cc4ccccc4c4ccccc34)c3ccc(-c4ccc5ccccc5c4)cc23)cc(-c2cc3ccccc3c3ccccc23)c1. The Morgan fingerprint density at radius 2 is 0.638 bits per heavy atom. The highest BCUT2D eigenvalue weighted by atomic mass is 14.2. The number of benzene rings is 12. The molecule has 12 aromatic rings. The molecule has 0 nitrogen and oxygen atoms in total. The van der Waals surface area contributed by atoms with Crippen LogP contribution in [0.25, 0.3) is 120 Å². The van der Waals surface area contributed by atoms with Crippen LogP contribution in [0, 0.1) is 0 Å². The molecule has 58 heavy (non-hydrogen) atoms. The zero-order valence-corrected chi connectivity index (χ0v) is 31.8. The summed E-state index contributed by atoms with van der Waals surface area (Å²) in [5, 5.41) is 17.7. The van der Waals surface area contributed by atoms with Crippen molar-refractivity contribution in [3.8, 4) is 44.5 Å². The van der Waals surface area contributed by atoms with Crippen molar-refractivity contribution in [1.82, 2.24) is 0 Å². The lowest BCUT2D eigenvalue weighted by atomic mass is 9.82. The maximum absolute atomic E-state index is 2.45. The zero-order chi connectivity index (χ0) is 38.2. The monoisotopic (exact) mass is 732 g/mol. The van der Waals surface area contributed by atoms with Gasteiger partial charge >= 0.3 is 0 Å². The number of hydrogen-bond donors (Lipinski definition) is 0. The normalized spacial score (nSPS) is 11.8. The molecule has 0 amide bonds. The van der Waals surface area contributed by atoms with Crippen molar-refractivity contribution in [1.29, 1.82) is 0 Å². The molecule has 0 aliphatic rings. The molecule has 0 aliphatic heterocycles. The van der Waals surface area contributed by atoms with Crippen LogP contribution in [0.1, 0.15) is 0 Å². The van der Waals surface area contributed by atoms with Crippen LogP contribution in [0.3, 0.4) is 0 Å². The molecule has 0 aromatic heterocycles. The highest BCUT2D eigenvalue weighted by Gasteiger charge is 2.20. The van der Waals surface area contributed by atoms with Crippen LogP contribution in [0.2, 0.25) is 0 Å². The van der Waals surface area contributed by atoms with E-state index in [4.69, 9.17) is 0 Å². The summed E-state index contributed by atoms with van der Waals surface area (Å²) in [4.78, 5) is 0. The Bertz CT molecular complexity index is 3620. The molecule has 0 radical (unpaired) electrons. The van der Waals surface area contributed by atoms with Gasteiger partial charge in [0.25, 0.3) is 0 Å². The summed E-state index contributed by atoms with van der Waals surface area (Å²) in [6.07, 6.45) is 0. The lowest BCUT2D eigenvalue weighted by Gasteiger charge is -2.21. The van der Waals surface area contributed by atoms with E-state index in [1.54, 1.807) is 0 Å².